The number of benzene rings is 1. The Balaban J connectivity index is 2.07. The van der Waals surface area contributed by atoms with Gasteiger partial charge in [-0.15, -0.1) is 0 Å². The molecule has 206 valence electrons. The van der Waals surface area contributed by atoms with Crippen LogP contribution in [0.3, 0.4) is 0 Å². The maximum atomic E-state index is 12.9. The number of aromatic amines is 1. The molecule has 1 fully saturated rings. The van der Waals surface area contributed by atoms with E-state index in [0.717, 1.165) is 0 Å². The molecule has 37 heavy (non-hydrogen) atoms. The number of aromatic nitrogens is 2. The number of nitrogens with one attached hydrogen (secondary N) is 1. The van der Waals surface area contributed by atoms with E-state index in [0.29, 0.717) is 6.61 Å². The monoisotopic (exact) mass is 612 g/mol. The Kier molecular flexibility index (Phi) is 9.06. The zero-order valence-electron chi connectivity index (χ0n) is 24.0. The molecule has 0 spiro atoms. The molecule has 1 N–H and O–H groups in total. The summed E-state index contributed by atoms with van der Waals surface area (Å²) >= 11 is 0.0102. The summed E-state index contributed by atoms with van der Waals surface area (Å²) in [4.78, 5) is 27.2. The van der Waals surface area contributed by atoms with E-state index in [4.69, 9.17) is 13.6 Å². The SMILES string of the molecule is CC(C)(C)[Si](C)(C)OC[C@H]1O[C@@H](n2ccc(=O)[nH]c2=O)[C@H](O[Si](C)(C)C(C)(C)C)[C@H]1[Se]c1ccccc1. The van der Waals surface area contributed by atoms with Gasteiger partial charge in [0.1, 0.15) is 0 Å². The molecular weight excluding hydrogens is 567 g/mol. The second-order valence-electron chi connectivity index (χ2n) is 12.9. The number of nitrogens with zero attached hydrogens (tertiary/aromatic N) is 1. The standard InChI is InChI=1S/C27H44N2O5SeSi2/c1-26(2,3)36(7,8)32-18-20-23(35-19-14-12-11-13-15-19)22(34-37(9,10)27(4,5)6)24(33-20)29-17-16-21(30)28-25(29)31/h11-17,20,22-24H,18H2,1-10H3,(H,28,30,31)/t20-,22-,23+,24-/m1/s1. The average Bonchev–Trinajstić information content (AvgIpc) is 3.08. The zero-order valence-corrected chi connectivity index (χ0v) is 27.7. The number of hydrogen-bond donors (Lipinski definition) is 1. The number of hydrogen-bond acceptors (Lipinski definition) is 5. The van der Waals surface area contributed by atoms with Gasteiger partial charge in [0.25, 0.3) is 0 Å². The van der Waals surface area contributed by atoms with Crippen LogP contribution in [0.2, 0.25) is 41.1 Å². The van der Waals surface area contributed by atoms with Gasteiger partial charge in [-0.1, -0.05) is 0 Å². The van der Waals surface area contributed by atoms with Gasteiger partial charge in [0, 0.05) is 0 Å². The van der Waals surface area contributed by atoms with Gasteiger partial charge in [0.2, 0.25) is 0 Å². The molecule has 2 aromatic rings. The zero-order chi connectivity index (χ0) is 27.8. The van der Waals surface area contributed by atoms with Crippen molar-refractivity contribution in [2.45, 2.75) is 101 Å². The first-order valence-electron chi connectivity index (χ1n) is 12.9. The van der Waals surface area contributed by atoms with Crippen molar-refractivity contribution in [3.63, 3.8) is 0 Å². The van der Waals surface area contributed by atoms with Crippen molar-refractivity contribution >= 4 is 36.1 Å². The van der Waals surface area contributed by atoms with Crippen LogP contribution in [-0.4, -0.2) is 60.0 Å². The third-order valence-electron chi connectivity index (χ3n) is 8.08. The van der Waals surface area contributed by atoms with Gasteiger partial charge in [-0.25, -0.2) is 0 Å². The number of ether oxygens (including phenoxy) is 1. The van der Waals surface area contributed by atoms with Gasteiger partial charge in [0.05, 0.1) is 0 Å². The van der Waals surface area contributed by atoms with Crippen molar-refractivity contribution < 1.29 is 13.6 Å². The van der Waals surface area contributed by atoms with Crippen molar-refractivity contribution in [3.8, 4) is 0 Å². The summed E-state index contributed by atoms with van der Waals surface area (Å²) in [7, 11) is -4.27. The van der Waals surface area contributed by atoms with Crippen LogP contribution in [0.25, 0.3) is 0 Å². The van der Waals surface area contributed by atoms with Crippen molar-refractivity contribution in [1.29, 1.82) is 0 Å². The molecule has 0 aliphatic carbocycles. The Hall–Kier alpha value is -1.27. The fraction of sp³-hybridized carbons (Fsp3) is 0.630. The first kappa shape index (κ1) is 30.3. The Bertz CT molecular complexity index is 1170. The van der Waals surface area contributed by atoms with Gasteiger partial charge >= 0.3 is 230 Å². The summed E-state index contributed by atoms with van der Waals surface area (Å²) < 4.78 is 23.1. The van der Waals surface area contributed by atoms with E-state index in [1.165, 1.54) is 21.3 Å². The topological polar surface area (TPSA) is 82.5 Å². The molecule has 1 aromatic carbocycles. The normalized spacial score (nSPS) is 23.4. The molecule has 1 aliphatic heterocycles. The van der Waals surface area contributed by atoms with Crippen molar-refractivity contribution in [2.24, 2.45) is 0 Å². The minimum atomic E-state index is -2.24. The van der Waals surface area contributed by atoms with Crippen molar-refractivity contribution in [2.75, 3.05) is 6.61 Å². The molecule has 1 aliphatic rings. The third-order valence-corrected chi connectivity index (χ3v) is 20.0. The van der Waals surface area contributed by atoms with Crippen LogP contribution in [0, 0.1) is 0 Å². The average molecular weight is 612 g/mol. The summed E-state index contributed by atoms with van der Waals surface area (Å²) in [6.07, 6.45) is 0.282. The second kappa shape index (κ2) is 11.1. The van der Waals surface area contributed by atoms with Crippen molar-refractivity contribution in [3.05, 3.63) is 63.4 Å². The van der Waals surface area contributed by atoms with Gasteiger partial charge < -0.3 is 0 Å². The Morgan fingerprint density at radius 1 is 0.946 bits per heavy atom. The van der Waals surface area contributed by atoms with Crippen LogP contribution in [0.15, 0.2) is 52.2 Å². The van der Waals surface area contributed by atoms with Crippen LogP contribution < -0.4 is 15.7 Å². The van der Waals surface area contributed by atoms with E-state index in [1.807, 2.05) is 6.07 Å². The maximum absolute atomic E-state index is 12.9. The predicted molar refractivity (Wildman–Crippen MR) is 156 cm³/mol. The molecular formula is C27H44N2O5SeSi2. The molecule has 1 saturated heterocycles. The van der Waals surface area contributed by atoms with Gasteiger partial charge in [0.15, 0.2) is 0 Å². The predicted octanol–water partition coefficient (Wildman–Crippen LogP) is 4.66. The van der Waals surface area contributed by atoms with Gasteiger partial charge in [-0.2, -0.15) is 0 Å². The number of rotatable bonds is 8. The molecule has 0 amide bonds. The van der Waals surface area contributed by atoms with Crippen LogP contribution in [-0.2, 0) is 13.6 Å². The Morgan fingerprint density at radius 2 is 1.54 bits per heavy atom. The van der Waals surface area contributed by atoms with Gasteiger partial charge in [-0.05, 0) is 0 Å². The molecule has 4 atom stereocenters. The summed E-state index contributed by atoms with van der Waals surface area (Å²) in [5, 5.41) is 0.0471. The molecule has 0 saturated carbocycles. The van der Waals surface area contributed by atoms with E-state index >= 15 is 0 Å². The fourth-order valence-electron chi connectivity index (χ4n) is 3.64. The summed E-state index contributed by atoms with van der Waals surface area (Å²) in [5.74, 6) is 0. The first-order valence-corrected chi connectivity index (χ1v) is 20.6. The fourth-order valence-corrected chi connectivity index (χ4v) is 8.79. The molecule has 10 heteroatoms. The molecule has 0 bridgehead atoms. The molecule has 3 rings (SSSR count). The van der Waals surface area contributed by atoms with Gasteiger partial charge in [-0.3, -0.25) is 0 Å². The Morgan fingerprint density at radius 3 is 2.08 bits per heavy atom. The summed E-state index contributed by atoms with van der Waals surface area (Å²) in [6, 6.07) is 11.8. The third kappa shape index (κ3) is 7.03. The van der Waals surface area contributed by atoms with E-state index in [9.17, 15) is 9.59 Å². The molecule has 1 aromatic heterocycles. The number of H-pyrrole nitrogens is 1. The van der Waals surface area contributed by atoms with E-state index in [2.05, 4.69) is 97.0 Å². The summed E-state index contributed by atoms with van der Waals surface area (Å²) in [5.41, 5.74) is -0.915. The first-order chi connectivity index (χ1) is 16.9. The van der Waals surface area contributed by atoms with E-state index < -0.39 is 34.1 Å². The second-order valence-corrected chi connectivity index (χ2v) is 25.1. The minimum absolute atomic E-state index is 0.0102. The van der Waals surface area contributed by atoms with Crippen LogP contribution >= 0.6 is 0 Å². The quantitative estimate of drug-likeness (QED) is 0.439. The summed E-state index contributed by atoms with van der Waals surface area (Å²) in [6.45, 7) is 22.7. The van der Waals surface area contributed by atoms with E-state index in [-0.39, 0.29) is 42.1 Å². The molecule has 0 unspecified atom stereocenters. The molecule has 7 nitrogen and oxygen atoms in total. The van der Waals surface area contributed by atoms with Crippen LogP contribution in [0.4, 0.5) is 0 Å². The Labute approximate surface area is 229 Å². The van der Waals surface area contributed by atoms with Crippen molar-refractivity contribution in [1.82, 2.24) is 9.55 Å². The molecule has 0 radical (unpaired) electrons. The van der Waals surface area contributed by atoms with Crippen LogP contribution in [0.5, 0.6) is 0 Å². The van der Waals surface area contributed by atoms with Crippen LogP contribution in [0.1, 0.15) is 47.8 Å². The molecule has 2 heterocycles. The van der Waals surface area contributed by atoms with E-state index in [1.54, 1.807) is 0 Å².